The molecular weight excluding hydrogens is 304 g/mol. The summed E-state index contributed by atoms with van der Waals surface area (Å²) in [6.45, 7) is 4.47. The van der Waals surface area contributed by atoms with Gasteiger partial charge in [-0.25, -0.2) is 5.43 Å². The highest BCUT2D eigenvalue weighted by molar-refractivity contribution is 5.84. The number of aryl methyl sites for hydroxylation is 1. The Hall–Kier alpha value is -2.82. The summed E-state index contributed by atoms with van der Waals surface area (Å²) in [7, 11) is 1.59. The molecule has 1 amide bonds. The molecule has 0 spiro atoms. The van der Waals surface area contributed by atoms with Crippen molar-refractivity contribution in [2.45, 2.75) is 20.3 Å². The molecule has 0 aromatic heterocycles. The van der Waals surface area contributed by atoms with Gasteiger partial charge in [-0.1, -0.05) is 29.8 Å². The molecule has 126 valence electrons. The Morgan fingerprint density at radius 2 is 1.92 bits per heavy atom. The third kappa shape index (κ3) is 5.12. The fraction of sp³-hybridized carbons (Fsp3) is 0.263. The normalized spacial score (nSPS) is 10.6. The van der Waals surface area contributed by atoms with Crippen LogP contribution in [0.25, 0.3) is 0 Å². The number of benzene rings is 2. The summed E-state index contributed by atoms with van der Waals surface area (Å²) in [6, 6.07) is 13.3. The van der Waals surface area contributed by atoms with E-state index in [0.717, 1.165) is 11.1 Å². The van der Waals surface area contributed by atoms with E-state index in [9.17, 15) is 4.79 Å². The van der Waals surface area contributed by atoms with Crippen LogP contribution in [-0.4, -0.2) is 25.8 Å². The SMILES string of the molecule is CCOc1cc(/C=N\NC(=O)Cc2ccc(C)cc2)ccc1OC. The van der Waals surface area contributed by atoms with Crippen LogP contribution in [0.3, 0.4) is 0 Å². The Kier molecular flexibility index (Phi) is 6.37. The van der Waals surface area contributed by atoms with Crippen LogP contribution >= 0.6 is 0 Å². The number of ether oxygens (including phenoxy) is 2. The maximum Gasteiger partial charge on any atom is 0.244 e. The largest absolute Gasteiger partial charge is 0.493 e. The van der Waals surface area contributed by atoms with E-state index in [1.54, 1.807) is 19.4 Å². The van der Waals surface area contributed by atoms with Gasteiger partial charge in [0.15, 0.2) is 11.5 Å². The van der Waals surface area contributed by atoms with Gasteiger partial charge >= 0.3 is 0 Å². The number of rotatable bonds is 7. The lowest BCUT2D eigenvalue weighted by atomic mass is 10.1. The van der Waals surface area contributed by atoms with Crippen LogP contribution in [0.5, 0.6) is 11.5 Å². The highest BCUT2D eigenvalue weighted by Gasteiger charge is 2.05. The van der Waals surface area contributed by atoms with Crippen LogP contribution in [0.1, 0.15) is 23.6 Å². The van der Waals surface area contributed by atoms with Crippen molar-refractivity contribution in [2.24, 2.45) is 5.10 Å². The van der Waals surface area contributed by atoms with Gasteiger partial charge in [0.2, 0.25) is 5.91 Å². The van der Waals surface area contributed by atoms with E-state index in [4.69, 9.17) is 9.47 Å². The lowest BCUT2D eigenvalue weighted by Gasteiger charge is -2.09. The topological polar surface area (TPSA) is 59.9 Å². The van der Waals surface area contributed by atoms with Gasteiger partial charge in [-0.05, 0) is 43.2 Å². The van der Waals surface area contributed by atoms with E-state index in [0.29, 0.717) is 24.5 Å². The van der Waals surface area contributed by atoms with Crippen molar-refractivity contribution >= 4 is 12.1 Å². The first-order valence-electron chi connectivity index (χ1n) is 7.80. The smallest absolute Gasteiger partial charge is 0.244 e. The standard InChI is InChI=1S/C19H22N2O3/c1-4-24-18-11-16(9-10-17(18)23-3)13-20-21-19(22)12-15-7-5-14(2)6-8-15/h5-11,13H,4,12H2,1-3H3,(H,21,22)/b20-13-. The summed E-state index contributed by atoms with van der Waals surface area (Å²) in [5.41, 5.74) is 5.47. The number of hydrogen-bond acceptors (Lipinski definition) is 4. The monoisotopic (exact) mass is 326 g/mol. The molecule has 2 aromatic rings. The molecule has 1 N–H and O–H groups in total. The third-order valence-electron chi connectivity index (χ3n) is 3.38. The number of nitrogens with zero attached hydrogens (tertiary/aromatic N) is 1. The van der Waals surface area contributed by atoms with Crippen LogP contribution in [0.2, 0.25) is 0 Å². The van der Waals surface area contributed by atoms with Crippen LogP contribution in [0.4, 0.5) is 0 Å². The van der Waals surface area contributed by atoms with Crippen molar-refractivity contribution < 1.29 is 14.3 Å². The van der Waals surface area contributed by atoms with Crippen molar-refractivity contribution in [3.8, 4) is 11.5 Å². The minimum Gasteiger partial charge on any atom is -0.493 e. The lowest BCUT2D eigenvalue weighted by molar-refractivity contribution is -0.120. The third-order valence-corrected chi connectivity index (χ3v) is 3.38. The van der Waals surface area contributed by atoms with Crippen LogP contribution in [0.15, 0.2) is 47.6 Å². The number of hydrogen-bond donors (Lipinski definition) is 1. The molecule has 5 heteroatoms. The maximum atomic E-state index is 11.9. The molecule has 24 heavy (non-hydrogen) atoms. The molecule has 5 nitrogen and oxygen atoms in total. The number of carbonyl (C=O) groups excluding carboxylic acids is 1. The second-order valence-electron chi connectivity index (χ2n) is 5.30. The van der Waals surface area contributed by atoms with Crippen molar-refractivity contribution in [1.82, 2.24) is 5.43 Å². The van der Waals surface area contributed by atoms with E-state index < -0.39 is 0 Å². The quantitative estimate of drug-likeness (QED) is 0.628. The molecule has 0 atom stereocenters. The number of amides is 1. The number of carbonyl (C=O) groups is 1. The molecule has 0 fully saturated rings. The maximum absolute atomic E-state index is 11.9. The van der Waals surface area contributed by atoms with Crippen molar-refractivity contribution in [3.63, 3.8) is 0 Å². The summed E-state index contributed by atoms with van der Waals surface area (Å²) in [5, 5.41) is 3.99. The summed E-state index contributed by atoms with van der Waals surface area (Å²) in [6.07, 6.45) is 1.87. The molecule has 0 bridgehead atoms. The second-order valence-corrected chi connectivity index (χ2v) is 5.30. The first kappa shape index (κ1) is 17.5. The highest BCUT2D eigenvalue weighted by atomic mass is 16.5. The van der Waals surface area contributed by atoms with Gasteiger partial charge < -0.3 is 9.47 Å². The minimum absolute atomic E-state index is 0.159. The molecule has 0 aliphatic carbocycles. The van der Waals surface area contributed by atoms with Crippen LogP contribution in [0, 0.1) is 6.92 Å². The number of methoxy groups -OCH3 is 1. The number of nitrogens with one attached hydrogen (secondary N) is 1. The molecular formula is C19H22N2O3. The first-order chi connectivity index (χ1) is 11.6. The summed E-state index contributed by atoms with van der Waals surface area (Å²) in [4.78, 5) is 11.9. The zero-order valence-electron chi connectivity index (χ0n) is 14.2. The molecule has 0 unspecified atom stereocenters. The molecule has 0 heterocycles. The van der Waals surface area contributed by atoms with E-state index in [2.05, 4.69) is 10.5 Å². The zero-order chi connectivity index (χ0) is 17.4. The fourth-order valence-corrected chi connectivity index (χ4v) is 2.15. The summed E-state index contributed by atoms with van der Waals surface area (Å²) < 4.78 is 10.7. The average molecular weight is 326 g/mol. The van der Waals surface area contributed by atoms with Gasteiger partial charge in [0.25, 0.3) is 0 Å². The predicted octanol–water partition coefficient (Wildman–Crippen LogP) is 3.10. The zero-order valence-corrected chi connectivity index (χ0v) is 14.2. The highest BCUT2D eigenvalue weighted by Crippen LogP contribution is 2.27. The Morgan fingerprint density at radius 3 is 2.58 bits per heavy atom. The molecule has 0 radical (unpaired) electrons. The van der Waals surface area contributed by atoms with E-state index in [1.807, 2.05) is 50.2 Å². The molecule has 0 saturated heterocycles. The Morgan fingerprint density at radius 1 is 1.17 bits per heavy atom. The Balaban J connectivity index is 1.94. The van der Waals surface area contributed by atoms with Crippen molar-refractivity contribution in [1.29, 1.82) is 0 Å². The van der Waals surface area contributed by atoms with Gasteiger partial charge in [-0.3, -0.25) is 4.79 Å². The molecule has 2 rings (SSSR count). The van der Waals surface area contributed by atoms with Crippen LogP contribution in [-0.2, 0) is 11.2 Å². The van der Waals surface area contributed by atoms with E-state index in [1.165, 1.54) is 5.56 Å². The van der Waals surface area contributed by atoms with Gasteiger partial charge in [0.05, 0.1) is 26.4 Å². The fourth-order valence-electron chi connectivity index (χ4n) is 2.15. The molecule has 0 aliphatic rings. The molecule has 0 saturated carbocycles. The number of hydrazone groups is 1. The predicted molar refractivity (Wildman–Crippen MR) is 94.8 cm³/mol. The van der Waals surface area contributed by atoms with Crippen molar-refractivity contribution in [2.75, 3.05) is 13.7 Å². The van der Waals surface area contributed by atoms with E-state index in [-0.39, 0.29) is 5.91 Å². The lowest BCUT2D eigenvalue weighted by Crippen LogP contribution is -2.19. The molecule has 0 aliphatic heterocycles. The van der Waals surface area contributed by atoms with Crippen molar-refractivity contribution in [3.05, 3.63) is 59.2 Å². The Labute approximate surface area is 142 Å². The van der Waals surface area contributed by atoms with Gasteiger partial charge in [0.1, 0.15) is 0 Å². The first-order valence-corrected chi connectivity index (χ1v) is 7.80. The minimum atomic E-state index is -0.159. The second kappa shape index (κ2) is 8.72. The van der Waals surface area contributed by atoms with Crippen LogP contribution < -0.4 is 14.9 Å². The van der Waals surface area contributed by atoms with Gasteiger partial charge in [-0.2, -0.15) is 5.10 Å². The Bertz CT molecular complexity index is 709. The summed E-state index contributed by atoms with van der Waals surface area (Å²) in [5.74, 6) is 1.15. The average Bonchev–Trinajstić information content (AvgIpc) is 2.57. The molecule has 2 aromatic carbocycles. The van der Waals surface area contributed by atoms with Gasteiger partial charge in [-0.15, -0.1) is 0 Å². The van der Waals surface area contributed by atoms with E-state index >= 15 is 0 Å². The summed E-state index contributed by atoms with van der Waals surface area (Å²) >= 11 is 0. The van der Waals surface area contributed by atoms with Gasteiger partial charge in [0, 0.05) is 0 Å².